The van der Waals surface area contributed by atoms with Gasteiger partial charge in [-0.2, -0.15) is 0 Å². The molecule has 1 aromatic heterocycles. The Balaban J connectivity index is 2.09. The summed E-state index contributed by atoms with van der Waals surface area (Å²) in [7, 11) is 1.55. The summed E-state index contributed by atoms with van der Waals surface area (Å²) in [6, 6.07) is 3.72. The third-order valence-electron chi connectivity index (χ3n) is 2.80. The quantitative estimate of drug-likeness (QED) is 0.874. The predicted octanol–water partition coefficient (Wildman–Crippen LogP) is 3.01. The Morgan fingerprint density at radius 3 is 3.00 bits per heavy atom. The minimum absolute atomic E-state index is 0.229. The van der Waals surface area contributed by atoms with E-state index in [0.717, 1.165) is 0 Å². The first kappa shape index (κ1) is 16.6. The third-order valence-corrected chi connectivity index (χ3v) is 3.76. The Labute approximate surface area is 135 Å². The summed E-state index contributed by atoms with van der Waals surface area (Å²) in [5, 5.41) is 10.7. The lowest BCUT2D eigenvalue weighted by atomic mass is 10.2. The number of benzene rings is 1. The van der Waals surface area contributed by atoms with Crippen molar-refractivity contribution in [2.24, 2.45) is 0 Å². The first-order valence-electron chi connectivity index (χ1n) is 6.35. The molecule has 2 amide bonds. The number of aromatic nitrogens is 2. The summed E-state index contributed by atoms with van der Waals surface area (Å²) in [4.78, 5) is 13.8. The number of halogens is 2. The Hall–Kier alpha value is -1.77. The van der Waals surface area contributed by atoms with Crippen molar-refractivity contribution in [3.63, 3.8) is 0 Å². The number of carbonyl (C=O) groups is 1. The van der Waals surface area contributed by atoms with Gasteiger partial charge in [0.25, 0.3) is 0 Å². The summed E-state index contributed by atoms with van der Waals surface area (Å²) < 4.78 is 18.1. The molecule has 0 spiro atoms. The van der Waals surface area contributed by atoms with Crippen LogP contribution < -0.4 is 5.32 Å². The summed E-state index contributed by atoms with van der Waals surface area (Å²) in [5.41, 5.74) is 2.16. The minimum atomic E-state index is -0.421. The molecule has 6 nitrogen and oxygen atoms in total. The van der Waals surface area contributed by atoms with Gasteiger partial charge in [-0.25, -0.2) is 9.18 Å². The van der Waals surface area contributed by atoms with Crippen LogP contribution in [-0.4, -0.2) is 41.4 Å². The number of urea groups is 1. The van der Waals surface area contributed by atoms with E-state index in [1.807, 2.05) is 0 Å². The predicted molar refractivity (Wildman–Crippen MR) is 82.6 cm³/mol. The Bertz CT molecular complexity index is 627. The summed E-state index contributed by atoms with van der Waals surface area (Å²) in [5.74, 6) is -0.421. The van der Waals surface area contributed by atoms with E-state index < -0.39 is 5.82 Å². The Kier molecular flexibility index (Phi) is 6.05. The average Bonchev–Trinajstić information content (AvgIpc) is 2.98. The van der Waals surface area contributed by atoms with Crippen molar-refractivity contribution in [1.82, 2.24) is 15.1 Å². The van der Waals surface area contributed by atoms with Crippen molar-refractivity contribution < 1.29 is 13.9 Å². The lowest BCUT2D eigenvalue weighted by Gasteiger charge is -2.22. The van der Waals surface area contributed by atoms with Crippen molar-refractivity contribution in [3.8, 4) is 0 Å². The second-order valence-electron chi connectivity index (χ2n) is 4.32. The number of carbonyl (C=O) groups excluding carboxylic acids is 1. The minimum Gasteiger partial charge on any atom is -0.383 e. The van der Waals surface area contributed by atoms with Crippen molar-refractivity contribution in [3.05, 3.63) is 40.1 Å². The van der Waals surface area contributed by atoms with E-state index in [4.69, 9.17) is 16.3 Å². The zero-order valence-corrected chi connectivity index (χ0v) is 13.3. The maximum Gasteiger partial charge on any atom is 0.324 e. The van der Waals surface area contributed by atoms with Gasteiger partial charge in [-0.15, -0.1) is 10.2 Å². The van der Waals surface area contributed by atoms with Crippen LogP contribution in [0.4, 0.5) is 14.3 Å². The van der Waals surface area contributed by atoms with E-state index in [1.165, 1.54) is 33.9 Å². The van der Waals surface area contributed by atoms with Crippen molar-refractivity contribution >= 4 is 34.1 Å². The maximum atomic E-state index is 13.1. The highest BCUT2D eigenvalue weighted by Crippen LogP contribution is 2.19. The molecule has 1 aromatic carbocycles. The molecule has 0 saturated carbocycles. The SMILES string of the molecule is COCCN(Cc1ccc(F)cc1Cl)C(=O)Nc1nncs1. The first-order chi connectivity index (χ1) is 10.6. The molecular weight excluding hydrogens is 331 g/mol. The molecule has 0 radical (unpaired) electrons. The molecule has 0 atom stereocenters. The van der Waals surface area contributed by atoms with E-state index in [2.05, 4.69) is 15.5 Å². The van der Waals surface area contributed by atoms with Gasteiger partial charge >= 0.3 is 6.03 Å². The summed E-state index contributed by atoms with van der Waals surface area (Å²) >= 11 is 7.22. The summed E-state index contributed by atoms with van der Waals surface area (Å²) in [6.07, 6.45) is 0. The number of nitrogens with one attached hydrogen (secondary N) is 1. The fraction of sp³-hybridized carbons (Fsp3) is 0.308. The number of hydrogen-bond donors (Lipinski definition) is 1. The molecular formula is C13H14ClFN4O2S. The van der Waals surface area contributed by atoms with Crippen LogP contribution in [0.3, 0.4) is 0 Å². The lowest BCUT2D eigenvalue weighted by Crippen LogP contribution is -2.36. The molecule has 0 aliphatic heterocycles. The fourth-order valence-corrected chi connectivity index (χ4v) is 2.37. The third kappa shape index (κ3) is 4.62. The van der Waals surface area contributed by atoms with Crippen LogP contribution in [0.25, 0.3) is 0 Å². The van der Waals surface area contributed by atoms with Crippen molar-refractivity contribution in [2.45, 2.75) is 6.54 Å². The van der Waals surface area contributed by atoms with Gasteiger partial charge in [0.2, 0.25) is 5.13 Å². The largest absolute Gasteiger partial charge is 0.383 e. The maximum absolute atomic E-state index is 13.1. The average molecular weight is 345 g/mol. The van der Waals surface area contributed by atoms with E-state index in [9.17, 15) is 9.18 Å². The molecule has 2 rings (SSSR count). The molecule has 0 aliphatic rings. The molecule has 2 aromatic rings. The number of nitrogens with zero attached hydrogens (tertiary/aromatic N) is 3. The van der Waals surface area contributed by atoms with E-state index in [1.54, 1.807) is 13.2 Å². The first-order valence-corrected chi connectivity index (χ1v) is 7.61. The zero-order valence-electron chi connectivity index (χ0n) is 11.8. The molecule has 0 fully saturated rings. The number of rotatable bonds is 6. The zero-order chi connectivity index (χ0) is 15.9. The van der Waals surface area contributed by atoms with Gasteiger partial charge < -0.3 is 9.64 Å². The highest BCUT2D eigenvalue weighted by molar-refractivity contribution is 7.13. The molecule has 9 heteroatoms. The topological polar surface area (TPSA) is 67.3 Å². The van der Waals surface area contributed by atoms with E-state index >= 15 is 0 Å². The van der Waals surface area contributed by atoms with E-state index in [-0.39, 0.29) is 17.6 Å². The smallest absolute Gasteiger partial charge is 0.324 e. The van der Waals surface area contributed by atoms with Gasteiger partial charge in [0.15, 0.2) is 0 Å². The molecule has 1 heterocycles. The lowest BCUT2D eigenvalue weighted by molar-refractivity contribution is 0.153. The highest BCUT2D eigenvalue weighted by atomic mass is 35.5. The number of anilines is 1. The van der Waals surface area contributed by atoms with Crippen LogP contribution in [0.5, 0.6) is 0 Å². The molecule has 0 unspecified atom stereocenters. The van der Waals surface area contributed by atoms with Crippen LogP contribution in [0.1, 0.15) is 5.56 Å². The van der Waals surface area contributed by atoms with Gasteiger partial charge in [-0.3, -0.25) is 5.32 Å². The van der Waals surface area contributed by atoms with Crippen LogP contribution in [0.15, 0.2) is 23.7 Å². The fourth-order valence-electron chi connectivity index (χ4n) is 1.71. The highest BCUT2D eigenvalue weighted by Gasteiger charge is 2.16. The Morgan fingerprint density at radius 1 is 1.55 bits per heavy atom. The molecule has 0 aliphatic carbocycles. The number of ether oxygens (including phenoxy) is 1. The molecule has 22 heavy (non-hydrogen) atoms. The monoisotopic (exact) mass is 344 g/mol. The second kappa shape index (κ2) is 8.02. The van der Waals surface area contributed by atoms with Crippen LogP contribution >= 0.6 is 22.9 Å². The van der Waals surface area contributed by atoms with Gasteiger partial charge in [0.1, 0.15) is 11.3 Å². The van der Waals surface area contributed by atoms with Crippen molar-refractivity contribution in [1.29, 1.82) is 0 Å². The van der Waals surface area contributed by atoms with E-state index in [0.29, 0.717) is 23.8 Å². The molecule has 118 valence electrons. The van der Waals surface area contributed by atoms with Gasteiger partial charge in [-0.1, -0.05) is 29.0 Å². The molecule has 1 N–H and O–H groups in total. The van der Waals surface area contributed by atoms with Gasteiger partial charge in [0, 0.05) is 25.2 Å². The van der Waals surface area contributed by atoms with Crippen LogP contribution in [-0.2, 0) is 11.3 Å². The summed E-state index contributed by atoms with van der Waals surface area (Å²) in [6.45, 7) is 0.949. The number of hydrogen-bond acceptors (Lipinski definition) is 5. The van der Waals surface area contributed by atoms with Crippen LogP contribution in [0, 0.1) is 5.82 Å². The number of amides is 2. The van der Waals surface area contributed by atoms with Gasteiger partial charge in [-0.05, 0) is 17.7 Å². The molecule has 0 saturated heterocycles. The second-order valence-corrected chi connectivity index (χ2v) is 5.56. The Morgan fingerprint density at radius 2 is 2.36 bits per heavy atom. The standard InChI is InChI=1S/C13H14ClFN4O2S/c1-21-5-4-19(13(20)17-12-18-16-8-22-12)7-9-2-3-10(15)6-11(9)14/h2-3,6,8H,4-5,7H2,1H3,(H,17,18,20). The molecule has 0 bridgehead atoms. The van der Waals surface area contributed by atoms with Crippen molar-refractivity contribution in [2.75, 3.05) is 25.6 Å². The van der Waals surface area contributed by atoms with Gasteiger partial charge in [0.05, 0.1) is 6.61 Å². The number of methoxy groups -OCH3 is 1. The normalized spacial score (nSPS) is 10.5. The van der Waals surface area contributed by atoms with Crippen LogP contribution in [0.2, 0.25) is 5.02 Å².